The van der Waals surface area contributed by atoms with Crippen molar-refractivity contribution >= 4 is 21.7 Å². The Hall–Kier alpha value is -2.82. The number of hydrogen-bond donors (Lipinski definition) is 5. The van der Waals surface area contributed by atoms with Crippen LogP contribution in [0.25, 0.3) is 0 Å². The highest BCUT2D eigenvalue weighted by atomic mass is 32.2. The molecule has 0 radical (unpaired) electrons. The van der Waals surface area contributed by atoms with E-state index in [1.165, 1.54) is 13.0 Å². The lowest BCUT2D eigenvalue weighted by atomic mass is 10.4. The molecule has 112 valence electrons. The van der Waals surface area contributed by atoms with E-state index >= 15 is 0 Å². The molecular formula is C10H10N4O6S. The number of nitrogens with one attached hydrogen (secondary N) is 4. The van der Waals surface area contributed by atoms with Gasteiger partial charge in [-0.1, -0.05) is 0 Å². The molecule has 0 saturated carbocycles. The largest absolute Gasteiger partial charge is 0.477 e. The Morgan fingerprint density at radius 3 is 2.52 bits per heavy atom. The van der Waals surface area contributed by atoms with Gasteiger partial charge in [0.1, 0.15) is 5.69 Å². The Labute approximate surface area is 116 Å². The molecule has 2 aromatic heterocycles. The van der Waals surface area contributed by atoms with Crippen LogP contribution in [0.2, 0.25) is 0 Å². The number of hydrogen-bond acceptors (Lipinski definition) is 5. The fraction of sp³-hybridized carbons (Fsp3) is 0.100. The van der Waals surface area contributed by atoms with Crippen LogP contribution in [-0.2, 0) is 10.0 Å². The van der Waals surface area contributed by atoms with E-state index in [0.29, 0.717) is 5.69 Å². The molecule has 0 aliphatic heterocycles. The summed E-state index contributed by atoms with van der Waals surface area (Å²) in [6.07, 6.45) is 0.726. The number of sulfonamides is 1. The molecular weight excluding hydrogens is 304 g/mol. The zero-order chi connectivity index (χ0) is 15.8. The Bertz CT molecular complexity index is 920. The van der Waals surface area contributed by atoms with Gasteiger partial charge in [0.05, 0.1) is 5.69 Å². The maximum absolute atomic E-state index is 12.1. The standard InChI is InChI=1S/C10H10N4O6S/c1-4-2-5(7(12-4)9(16)17)14-21(19,20)6-3-11-10(18)13-8(6)15/h2-3,12,14H,1H3,(H,16,17)(H2,11,13,15,18). The second-order valence-electron chi connectivity index (χ2n) is 4.09. The zero-order valence-electron chi connectivity index (χ0n) is 10.6. The molecule has 0 amide bonds. The monoisotopic (exact) mass is 314 g/mol. The van der Waals surface area contributed by atoms with Crippen LogP contribution in [0.3, 0.4) is 0 Å². The van der Waals surface area contributed by atoms with Gasteiger partial charge in [0, 0.05) is 11.9 Å². The van der Waals surface area contributed by atoms with Gasteiger partial charge in [-0.2, -0.15) is 0 Å². The minimum Gasteiger partial charge on any atom is -0.477 e. The van der Waals surface area contributed by atoms with Crippen LogP contribution in [-0.4, -0.2) is 34.4 Å². The normalized spacial score (nSPS) is 11.3. The highest BCUT2D eigenvalue weighted by molar-refractivity contribution is 7.92. The van der Waals surface area contributed by atoms with E-state index in [1.54, 1.807) is 4.98 Å². The molecule has 0 atom stereocenters. The van der Waals surface area contributed by atoms with Crippen LogP contribution in [0.4, 0.5) is 5.69 Å². The van der Waals surface area contributed by atoms with Crippen LogP contribution in [0.15, 0.2) is 26.7 Å². The number of carbonyl (C=O) groups is 1. The highest BCUT2D eigenvalue weighted by Crippen LogP contribution is 2.19. The predicted molar refractivity (Wildman–Crippen MR) is 71.0 cm³/mol. The van der Waals surface area contributed by atoms with Gasteiger partial charge in [-0.05, 0) is 13.0 Å². The Morgan fingerprint density at radius 1 is 1.29 bits per heavy atom. The Morgan fingerprint density at radius 2 is 1.95 bits per heavy atom. The van der Waals surface area contributed by atoms with Crippen molar-refractivity contribution < 1.29 is 18.3 Å². The molecule has 0 saturated heterocycles. The summed E-state index contributed by atoms with van der Waals surface area (Å²) in [5, 5.41) is 8.96. The number of carboxylic acid groups (broad SMARTS) is 1. The molecule has 0 bridgehead atoms. The van der Waals surface area contributed by atoms with Crippen molar-refractivity contribution in [2.45, 2.75) is 11.8 Å². The number of carboxylic acids is 1. The lowest BCUT2D eigenvalue weighted by Crippen LogP contribution is -2.29. The first-order valence-corrected chi connectivity index (χ1v) is 6.97. The van der Waals surface area contributed by atoms with E-state index in [1.807, 2.05) is 9.71 Å². The third kappa shape index (κ3) is 2.86. The fourth-order valence-electron chi connectivity index (χ4n) is 1.64. The molecule has 0 aliphatic rings. The summed E-state index contributed by atoms with van der Waals surface area (Å²) >= 11 is 0. The smallest absolute Gasteiger partial charge is 0.354 e. The van der Waals surface area contributed by atoms with Crippen LogP contribution in [0.1, 0.15) is 16.2 Å². The zero-order valence-corrected chi connectivity index (χ0v) is 11.4. The summed E-state index contributed by atoms with van der Waals surface area (Å²) in [6, 6.07) is 1.26. The summed E-state index contributed by atoms with van der Waals surface area (Å²) in [7, 11) is -4.35. The molecule has 2 rings (SSSR count). The number of aromatic carboxylic acids is 1. The molecule has 10 nitrogen and oxygen atoms in total. The number of aromatic nitrogens is 3. The Balaban J connectivity index is 2.50. The van der Waals surface area contributed by atoms with Crippen molar-refractivity contribution in [1.82, 2.24) is 15.0 Å². The summed E-state index contributed by atoms with van der Waals surface area (Å²) in [5.74, 6) is -1.36. The summed E-state index contributed by atoms with van der Waals surface area (Å²) in [5.41, 5.74) is -2.14. The number of H-pyrrole nitrogens is 3. The summed E-state index contributed by atoms with van der Waals surface area (Å²) in [4.78, 5) is 38.9. The van der Waals surface area contributed by atoms with E-state index in [9.17, 15) is 22.8 Å². The first kappa shape index (κ1) is 14.6. The molecule has 0 aromatic carbocycles. The van der Waals surface area contributed by atoms with Crippen LogP contribution in [0.5, 0.6) is 0 Å². The molecule has 11 heteroatoms. The molecule has 2 heterocycles. The average Bonchev–Trinajstić information content (AvgIpc) is 2.68. The molecule has 21 heavy (non-hydrogen) atoms. The Kier molecular flexibility index (Phi) is 3.43. The quantitative estimate of drug-likeness (QED) is 0.495. The second kappa shape index (κ2) is 4.94. The van der Waals surface area contributed by atoms with Gasteiger partial charge in [0.2, 0.25) is 0 Å². The first-order valence-electron chi connectivity index (χ1n) is 5.48. The van der Waals surface area contributed by atoms with E-state index < -0.39 is 32.1 Å². The minimum atomic E-state index is -4.35. The maximum atomic E-state index is 12.1. The van der Waals surface area contributed by atoms with Crippen LogP contribution < -0.4 is 16.0 Å². The van der Waals surface area contributed by atoms with E-state index in [0.717, 1.165) is 6.20 Å². The molecule has 0 aliphatic carbocycles. The molecule has 0 fully saturated rings. The van der Waals surface area contributed by atoms with Crippen molar-refractivity contribution in [2.75, 3.05) is 4.72 Å². The van der Waals surface area contributed by atoms with Crippen molar-refractivity contribution in [1.29, 1.82) is 0 Å². The average molecular weight is 314 g/mol. The topological polar surface area (TPSA) is 165 Å². The predicted octanol–water partition coefficient (Wildman–Crippen LogP) is -0.801. The molecule has 5 N–H and O–H groups in total. The van der Waals surface area contributed by atoms with E-state index in [2.05, 4.69) is 4.98 Å². The van der Waals surface area contributed by atoms with Crippen molar-refractivity contribution in [3.63, 3.8) is 0 Å². The number of anilines is 1. The summed E-state index contributed by atoms with van der Waals surface area (Å²) in [6.45, 7) is 1.54. The first-order chi connectivity index (χ1) is 9.70. The highest BCUT2D eigenvalue weighted by Gasteiger charge is 2.23. The number of aryl methyl sites for hydroxylation is 1. The summed E-state index contributed by atoms with van der Waals surface area (Å²) < 4.78 is 26.1. The van der Waals surface area contributed by atoms with Crippen molar-refractivity contribution in [2.24, 2.45) is 0 Å². The third-order valence-electron chi connectivity index (χ3n) is 2.49. The van der Waals surface area contributed by atoms with Crippen molar-refractivity contribution in [3.05, 3.63) is 44.5 Å². The van der Waals surface area contributed by atoms with Gasteiger partial charge in [0.15, 0.2) is 4.90 Å². The molecule has 0 spiro atoms. The van der Waals surface area contributed by atoms with Crippen LogP contribution in [0, 0.1) is 6.92 Å². The maximum Gasteiger partial charge on any atom is 0.354 e. The third-order valence-corrected chi connectivity index (χ3v) is 3.86. The fourth-order valence-corrected chi connectivity index (χ4v) is 2.70. The second-order valence-corrected chi connectivity index (χ2v) is 5.74. The van der Waals surface area contributed by atoms with Crippen LogP contribution >= 0.6 is 0 Å². The van der Waals surface area contributed by atoms with Gasteiger partial charge >= 0.3 is 11.7 Å². The van der Waals surface area contributed by atoms with Crippen molar-refractivity contribution in [3.8, 4) is 0 Å². The van der Waals surface area contributed by atoms with Gasteiger partial charge in [-0.15, -0.1) is 0 Å². The number of aromatic amines is 3. The number of rotatable bonds is 4. The van der Waals surface area contributed by atoms with E-state index in [-0.39, 0.29) is 11.4 Å². The van der Waals surface area contributed by atoms with Gasteiger partial charge < -0.3 is 15.1 Å². The minimum absolute atomic E-state index is 0.217. The van der Waals surface area contributed by atoms with Gasteiger partial charge in [0.25, 0.3) is 15.6 Å². The lowest BCUT2D eigenvalue weighted by molar-refractivity contribution is 0.0692. The van der Waals surface area contributed by atoms with E-state index in [4.69, 9.17) is 5.11 Å². The van der Waals surface area contributed by atoms with Gasteiger partial charge in [-0.25, -0.2) is 18.0 Å². The molecule has 2 aromatic rings. The SMILES string of the molecule is Cc1cc(NS(=O)(=O)c2c[nH]c(=O)[nH]c2=O)c(C(=O)O)[nH]1. The molecule has 0 unspecified atom stereocenters. The van der Waals surface area contributed by atoms with Gasteiger partial charge in [-0.3, -0.25) is 14.5 Å². The lowest BCUT2D eigenvalue weighted by Gasteiger charge is -2.06.